The lowest BCUT2D eigenvalue weighted by atomic mass is 10.1. The average molecular weight is 390 g/mol. The van der Waals surface area contributed by atoms with Gasteiger partial charge in [0.05, 0.1) is 10.2 Å². The van der Waals surface area contributed by atoms with E-state index in [1.807, 2.05) is 30.3 Å². The van der Waals surface area contributed by atoms with Crippen LogP contribution < -0.4 is 15.9 Å². The number of anilines is 1. The first-order valence-corrected chi connectivity index (χ1v) is 8.39. The topological polar surface area (TPSA) is 76.7 Å². The second-order valence-electron chi connectivity index (χ2n) is 5.26. The first kappa shape index (κ1) is 18.0. The molecule has 2 aromatic carbocycles. The Morgan fingerprint density at radius 2 is 2.08 bits per heavy atom. The van der Waals surface area contributed by atoms with Crippen molar-refractivity contribution in [3.8, 4) is 5.75 Å². The van der Waals surface area contributed by atoms with Crippen LogP contribution in [0.25, 0.3) is 0 Å². The van der Waals surface area contributed by atoms with Crippen molar-refractivity contribution in [2.45, 2.75) is 20.3 Å². The summed E-state index contributed by atoms with van der Waals surface area (Å²) < 4.78 is 6.33. The van der Waals surface area contributed by atoms with E-state index in [4.69, 9.17) is 10.5 Å². The fraction of sp³-hybridized carbons (Fsp3) is 0.222. The second kappa shape index (κ2) is 8.49. The van der Waals surface area contributed by atoms with E-state index in [9.17, 15) is 4.79 Å². The Morgan fingerprint density at radius 3 is 2.75 bits per heavy atom. The Balaban J connectivity index is 1.90. The Morgan fingerprint density at radius 1 is 1.29 bits per heavy atom. The lowest BCUT2D eigenvalue weighted by Crippen LogP contribution is -2.25. The number of hydrazone groups is 1. The molecule has 5 nitrogen and oxygen atoms in total. The SMILES string of the molecule is CCc1ccc(OCC(=O)NN=C(C)c2cccc(N)c2)c(Br)c1. The van der Waals surface area contributed by atoms with Crippen LogP contribution in [0.4, 0.5) is 5.69 Å². The number of amides is 1. The molecule has 0 aromatic heterocycles. The first-order chi connectivity index (χ1) is 11.5. The van der Waals surface area contributed by atoms with Gasteiger partial charge in [-0.25, -0.2) is 5.43 Å². The maximum Gasteiger partial charge on any atom is 0.277 e. The van der Waals surface area contributed by atoms with Gasteiger partial charge >= 0.3 is 0 Å². The van der Waals surface area contributed by atoms with Crippen LogP contribution in [0.15, 0.2) is 52.0 Å². The number of carbonyl (C=O) groups is 1. The number of halogens is 1. The van der Waals surface area contributed by atoms with Crippen LogP contribution in [-0.4, -0.2) is 18.2 Å². The van der Waals surface area contributed by atoms with Crippen LogP contribution in [0.5, 0.6) is 5.75 Å². The third-order valence-corrected chi connectivity index (χ3v) is 4.04. The van der Waals surface area contributed by atoms with Crippen molar-refractivity contribution in [2.75, 3.05) is 12.3 Å². The maximum absolute atomic E-state index is 11.9. The zero-order chi connectivity index (χ0) is 17.5. The molecule has 0 saturated heterocycles. The van der Waals surface area contributed by atoms with Crippen LogP contribution in [0.3, 0.4) is 0 Å². The molecule has 0 radical (unpaired) electrons. The van der Waals surface area contributed by atoms with Crippen LogP contribution in [-0.2, 0) is 11.2 Å². The minimum atomic E-state index is -0.329. The minimum Gasteiger partial charge on any atom is -0.483 e. The first-order valence-electron chi connectivity index (χ1n) is 7.60. The molecule has 24 heavy (non-hydrogen) atoms. The standard InChI is InChI=1S/C18H20BrN3O2/c1-3-13-7-8-17(16(19)9-13)24-11-18(23)22-21-12(2)14-5-4-6-15(20)10-14/h4-10H,3,11,20H2,1-2H3,(H,22,23). The highest BCUT2D eigenvalue weighted by atomic mass is 79.9. The van der Waals surface area contributed by atoms with E-state index in [2.05, 4.69) is 33.4 Å². The smallest absolute Gasteiger partial charge is 0.277 e. The molecule has 0 saturated carbocycles. The van der Waals surface area contributed by atoms with E-state index in [1.165, 1.54) is 5.56 Å². The van der Waals surface area contributed by atoms with Gasteiger partial charge in [-0.3, -0.25) is 4.79 Å². The lowest BCUT2D eigenvalue weighted by molar-refractivity contribution is -0.123. The summed E-state index contributed by atoms with van der Waals surface area (Å²) in [5, 5.41) is 4.07. The van der Waals surface area contributed by atoms with Crippen molar-refractivity contribution in [1.82, 2.24) is 5.43 Å². The predicted octanol–water partition coefficient (Wildman–Crippen LogP) is 3.51. The molecule has 0 aliphatic carbocycles. The normalized spacial score (nSPS) is 11.2. The molecule has 126 valence electrons. The van der Waals surface area contributed by atoms with E-state index in [0.717, 1.165) is 16.5 Å². The van der Waals surface area contributed by atoms with Gasteiger partial charge in [0.2, 0.25) is 0 Å². The summed E-state index contributed by atoms with van der Waals surface area (Å²) >= 11 is 3.44. The molecular formula is C18H20BrN3O2. The third-order valence-electron chi connectivity index (χ3n) is 3.42. The molecule has 0 fully saturated rings. The number of nitrogens with one attached hydrogen (secondary N) is 1. The van der Waals surface area contributed by atoms with Gasteiger partial charge in [-0.1, -0.05) is 25.1 Å². The summed E-state index contributed by atoms with van der Waals surface area (Å²) in [5.41, 5.74) is 11.6. The molecule has 0 aliphatic heterocycles. The molecule has 0 unspecified atom stereocenters. The second-order valence-corrected chi connectivity index (χ2v) is 6.12. The highest BCUT2D eigenvalue weighted by Crippen LogP contribution is 2.26. The van der Waals surface area contributed by atoms with Gasteiger partial charge in [0.1, 0.15) is 5.75 Å². The Kier molecular flexibility index (Phi) is 6.37. The van der Waals surface area contributed by atoms with E-state index < -0.39 is 0 Å². The zero-order valence-electron chi connectivity index (χ0n) is 13.7. The fourth-order valence-electron chi connectivity index (χ4n) is 2.03. The number of benzene rings is 2. The lowest BCUT2D eigenvalue weighted by Gasteiger charge is -2.09. The van der Waals surface area contributed by atoms with Crippen molar-refractivity contribution in [3.05, 3.63) is 58.1 Å². The van der Waals surface area contributed by atoms with Crippen molar-refractivity contribution in [3.63, 3.8) is 0 Å². The highest BCUT2D eigenvalue weighted by Gasteiger charge is 2.06. The Hall–Kier alpha value is -2.34. The minimum absolute atomic E-state index is 0.113. The van der Waals surface area contributed by atoms with Crippen LogP contribution in [0, 0.1) is 0 Å². The molecular weight excluding hydrogens is 370 g/mol. The third kappa shape index (κ3) is 5.09. The summed E-state index contributed by atoms with van der Waals surface area (Å²) in [6, 6.07) is 13.1. The van der Waals surface area contributed by atoms with E-state index in [-0.39, 0.29) is 12.5 Å². The van der Waals surface area contributed by atoms with Gasteiger partial charge in [0, 0.05) is 5.69 Å². The van der Waals surface area contributed by atoms with Crippen molar-refractivity contribution < 1.29 is 9.53 Å². The summed E-state index contributed by atoms with van der Waals surface area (Å²) in [5.74, 6) is 0.295. The van der Waals surface area contributed by atoms with E-state index >= 15 is 0 Å². The van der Waals surface area contributed by atoms with Gasteiger partial charge in [-0.15, -0.1) is 0 Å². The summed E-state index contributed by atoms with van der Waals surface area (Å²) in [7, 11) is 0. The molecule has 0 bridgehead atoms. The number of ether oxygens (including phenoxy) is 1. The largest absolute Gasteiger partial charge is 0.483 e. The molecule has 0 aliphatic rings. The molecule has 0 heterocycles. The van der Waals surface area contributed by atoms with Crippen molar-refractivity contribution in [2.24, 2.45) is 5.10 Å². The van der Waals surface area contributed by atoms with Crippen LogP contribution in [0.1, 0.15) is 25.0 Å². The number of carbonyl (C=O) groups excluding carboxylic acids is 1. The number of aryl methyl sites for hydroxylation is 1. The number of nitrogen functional groups attached to an aromatic ring is 1. The summed E-state index contributed by atoms with van der Waals surface area (Å²) in [6.45, 7) is 3.77. The number of hydrogen-bond donors (Lipinski definition) is 2. The van der Waals surface area contributed by atoms with E-state index in [1.54, 1.807) is 19.1 Å². The quantitative estimate of drug-likeness (QED) is 0.450. The number of nitrogens with zero attached hydrogens (tertiary/aromatic N) is 1. The number of nitrogens with two attached hydrogens (primary N) is 1. The van der Waals surface area contributed by atoms with Gasteiger partial charge in [0.25, 0.3) is 5.91 Å². The van der Waals surface area contributed by atoms with E-state index in [0.29, 0.717) is 17.1 Å². The average Bonchev–Trinajstić information content (AvgIpc) is 2.58. The van der Waals surface area contributed by atoms with Crippen LogP contribution in [0.2, 0.25) is 0 Å². The van der Waals surface area contributed by atoms with Gasteiger partial charge < -0.3 is 10.5 Å². The highest BCUT2D eigenvalue weighted by molar-refractivity contribution is 9.10. The van der Waals surface area contributed by atoms with Crippen molar-refractivity contribution in [1.29, 1.82) is 0 Å². The van der Waals surface area contributed by atoms with Gasteiger partial charge in [0.15, 0.2) is 6.61 Å². The summed E-state index contributed by atoms with van der Waals surface area (Å²) in [6.07, 6.45) is 0.942. The zero-order valence-corrected chi connectivity index (χ0v) is 15.3. The molecule has 3 N–H and O–H groups in total. The molecule has 2 aromatic rings. The molecule has 2 rings (SSSR count). The Labute approximate surface area is 150 Å². The molecule has 6 heteroatoms. The number of hydrogen-bond acceptors (Lipinski definition) is 4. The maximum atomic E-state index is 11.9. The van der Waals surface area contributed by atoms with Crippen LogP contribution >= 0.6 is 15.9 Å². The summed E-state index contributed by atoms with van der Waals surface area (Å²) in [4.78, 5) is 11.9. The van der Waals surface area contributed by atoms with Gasteiger partial charge in [-0.05, 0) is 64.7 Å². The predicted molar refractivity (Wildman–Crippen MR) is 100 cm³/mol. The molecule has 0 atom stereocenters. The molecule has 1 amide bonds. The molecule has 0 spiro atoms. The monoisotopic (exact) mass is 389 g/mol. The number of rotatable bonds is 6. The van der Waals surface area contributed by atoms with Gasteiger partial charge in [-0.2, -0.15) is 5.10 Å². The fourth-order valence-corrected chi connectivity index (χ4v) is 2.57. The van der Waals surface area contributed by atoms with Crippen molar-refractivity contribution >= 4 is 33.2 Å². The Bertz CT molecular complexity index is 760.